The van der Waals surface area contributed by atoms with Crippen molar-refractivity contribution < 1.29 is 0 Å². The van der Waals surface area contributed by atoms with Crippen LogP contribution < -0.4 is 5.73 Å². The molecular weight excluding hydrogens is 238 g/mol. The zero-order valence-electron chi connectivity index (χ0n) is 10.2. The summed E-state index contributed by atoms with van der Waals surface area (Å²) < 4.78 is 0. The molecule has 16 heavy (non-hydrogen) atoms. The summed E-state index contributed by atoms with van der Waals surface area (Å²) in [6.45, 7) is 6.45. The van der Waals surface area contributed by atoms with E-state index in [4.69, 9.17) is 17.3 Å². The molecule has 1 unspecified atom stereocenters. The minimum Gasteiger partial charge on any atom is -0.324 e. The first-order chi connectivity index (χ1) is 7.54. The molecule has 0 aromatic heterocycles. The van der Waals surface area contributed by atoms with Crippen molar-refractivity contribution in [3.63, 3.8) is 0 Å². The molecule has 0 radical (unpaired) electrons. The summed E-state index contributed by atoms with van der Waals surface area (Å²) in [4.78, 5) is 1.16. The second kappa shape index (κ2) is 6.53. The highest BCUT2D eigenvalue weighted by atomic mass is 35.5. The van der Waals surface area contributed by atoms with Crippen LogP contribution in [0.25, 0.3) is 0 Å². The third kappa shape index (κ3) is 4.00. The summed E-state index contributed by atoms with van der Waals surface area (Å²) in [7, 11) is 0. The fourth-order valence-electron chi connectivity index (χ4n) is 1.27. The fourth-order valence-corrected chi connectivity index (χ4v) is 2.68. The van der Waals surface area contributed by atoms with Crippen LogP contribution in [0.2, 0.25) is 5.02 Å². The van der Waals surface area contributed by atoms with Crippen LogP contribution in [0, 0.1) is 5.92 Å². The van der Waals surface area contributed by atoms with Gasteiger partial charge in [-0.15, -0.1) is 11.8 Å². The van der Waals surface area contributed by atoms with E-state index in [0.29, 0.717) is 0 Å². The fraction of sp³-hybridized carbons (Fsp3) is 0.538. The van der Waals surface area contributed by atoms with Crippen LogP contribution in [0.1, 0.15) is 38.8 Å². The molecule has 0 aliphatic carbocycles. The van der Waals surface area contributed by atoms with E-state index in [0.717, 1.165) is 27.2 Å². The third-order valence-electron chi connectivity index (χ3n) is 2.70. The molecule has 0 bridgehead atoms. The highest BCUT2D eigenvalue weighted by molar-refractivity contribution is 7.99. The molecule has 3 heteroatoms. The summed E-state index contributed by atoms with van der Waals surface area (Å²) in [6.07, 6.45) is 1.21. The molecule has 2 atom stereocenters. The Bertz CT molecular complexity index is 339. The van der Waals surface area contributed by atoms with E-state index in [1.54, 1.807) is 0 Å². The van der Waals surface area contributed by atoms with Gasteiger partial charge in [0.1, 0.15) is 0 Å². The van der Waals surface area contributed by atoms with E-state index in [1.165, 1.54) is 6.42 Å². The monoisotopic (exact) mass is 257 g/mol. The van der Waals surface area contributed by atoms with Crippen molar-refractivity contribution in [2.24, 2.45) is 11.7 Å². The van der Waals surface area contributed by atoms with Crippen LogP contribution in [-0.4, -0.2) is 5.75 Å². The second-order valence-corrected chi connectivity index (χ2v) is 5.77. The van der Waals surface area contributed by atoms with Gasteiger partial charge in [0.05, 0.1) is 5.02 Å². The predicted octanol–water partition coefficient (Wildman–Crippen LogP) is 4.50. The number of hydrogen-bond acceptors (Lipinski definition) is 2. The highest BCUT2D eigenvalue weighted by Crippen LogP contribution is 2.30. The maximum Gasteiger partial charge on any atom is 0.0545 e. The van der Waals surface area contributed by atoms with Gasteiger partial charge in [-0.1, -0.05) is 37.9 Å². The first-order valence-corrected chi connectivity index (χ1v) is 7.08. The molecule has 1 nitrogen and oxygen atoms in total. The van der Waals surface area contributed by atoms with Crippen molar-refractivity contribution in [3.8, 4) is 0 Å². The largest absolute Gasteiger partial charge is 0.324 e. The normalized spacial score (nSPS) is 14.8. The number of benzene rings is 1. The lowest BCUT2D eigenvalue weighted by atomic mass is 10.1. The van der Waals surface area contributed by atoms with Gasteiger partial charge >= 0.3 is 0 Å². The van der Waals surface area contributed by atoms with Crippen molar-refractivity contribution in [1.82, 2.24) is 0 Å². The Hall–Kier alpha value is -0.180. The quantitative estimate of drug-likeness (QED) is 0.786. The molecule has 0 saturated heterocycles. The first kappa shape index (κ1) is 13.9. The number of hydrogen-bond donors (Lipinski definition) is 1. The molecule has 0 amide bonds. The van der Waals surface area contributed by atoms with Crippen LogP contribution >= 0.6 is 23.4 Å². The molecule has 1 rings (SSSR count). The Labute approximate surface area is 108 Å². The zero-order chi connectivity index (χ0) is 12.1. The number of halogens is 1. The Balaban J connectivity index is 2.68. The molecule has 0 saturated carbocycles. The molecule has 0 aliphatic rings. The Morgan fingerprint density at radius 2 is 2.06 bits per heavy atom. The average Bonchev–Trinajstić information content (AvgIpc) is 2.26. The van der Waals surface area contributed by atoms with E-state index >= 15 is 0 Å². The lowest BCUT2D eigenvalue weighted by Gasteiger charge is -2.11. The van der Waals surface area contributed by atoms with Gasteiger partial charge < -0.3 is 5.73 Å². The molecule has 0 aliphatic heterocycles. The summed E-state index contributed by atoms with van der Waals surface area (Å²) in [5.41, 5.74) is 6.91. The topological polar surface area (TPSA) is 26.0 Å². The van der Waals surface area contributed by atoms with E-state index in [-0.39, 0.29) is 6.04 Å². The van der Waals surface area contributed by atoms with Crippen molar-refractivity contribution in [2.75, 3.05) is 5.75 Å². The Morgan fingerprint density at radius 3 is 2.56 bits per heavy atom. The summed E-state index contributed by atoms with van der Waals surface area (Å²) >= 11 is 8.05. The molecule has 0 fully saturated rings. The average molecular weight is 258 g/mol. The van der Waals surface area contributed by atoms with E-state index in [1.807, 2.05) is 24.8 Å². The molecule has 90 valence electrons. The smallest absolute Gasteiger partial charge is 0.0545 e. The van der Waals surface area contributed by atoms with E-state index in [2.05, 4.69) is 26.0 Å². The van der Waals surface area contributed by atoms with E-state index in [9.17, 15) is 0 Å². The molecular formula is C13H20ClNS. The highest BCUT2D eigenvalue weighted by Gasteiger charge is 2.07. The van der Waals surface area contributed by atoms with E-state index < -0.39 is 0 Å². The van der Waals surface area contributed by atoms with Crippen molar-refractivity contribution in [3.05, 3.63) is 28.8 Å². The predicted molar refractivity (Wildman–Crippen MR) is 74.2 cm³/mol. The first-order valence-electron chi connectivity index (χ1n) is 5.72. The summed E-state index contributed by atoms with van der Waals surface area (Å²) in [5, 5.41) is 0.822. The minimum atomic E-state index is 0.0473. The lowest BCUT2D eigenvalue weighted by Crippen LogP contribution is -2.04. The zero-order valence-corrected chi connectivity index (χ0v) is 11.7. The Kier molecular flexibility index (Phi) is 5.67. The van der Waals surface area contributed by atoms with Crippen molar-refractivity contribution >= 4 is 23.4 Å². The maximum absolute atomic E-state index is 6.22. The van der Waals surface area contributed by atoms with Gasteiger partial charge in [0.25, 0.3) is 0 Å². The summed E-state index contributed by atoms with van der Waals surface area (Å²) in [6, 6.07) is 6.17. The number of rotatable bonds is 5. The van der Waals surface area contributed by atoms with Crippen molar-refractivity contribution in [2.45, 2.75) is 38.1 Å². The molecule has 0 spiro atoms. The molecule has 2 N–H and O–H groups in total. The van der Waals surface area contributed by atoms with Crippen LogP contribution in [-0.2, 0) is 0 Å². The van der Waals surface area contributed by atoms with Crippen LogP contribution in [0.4, 0.5) is 0 Å². The van der Waals surface area contributed by atoms with Gasteiger partial charge in [-0.2, -0.15) is 0 Å². The minimum absolute atomic E-state index is 0.0473. The lowest BCUT2D eigenvalue weighted by molar-refractivity contribution is 0.637. The van der Waals surface area contributed by atoms with Gasteiger partial charge in [-0.3, -0.25) is 0 Å². The standard InChI is InChI=1S/C13H20ClNS/c1-4-9(2)8-16-13-6-5-11(10(3)15)7-12(13)14/h5-7,9-10H,4,8,15H2,1-3H3/t9?,10-/m0/s1. The van der Waals surface area contributed by atoms with Crippen molar-refractivity contribution in [1.29, 1.82) is 0 Å². The summed E-state index contributed by atoms with van der Waals surface area (Å²) in [5.74, 6) is 1.85. The van der Waals surface area contributed by atoms with Gasteiger partial charge in [-0.05, 0) is 30.5 Å². The SMILES string of the molecule is CCC(C)CSc1ccc([C@H](C)N)cc1Cl. The number of thioether (sulfide) groups is 1. The third-order valence-corrected chi connectivity index (χ3v) is 4.53. The van der Waals surface area contributed by atoms with Crippen LogP contribution in [0.3, 0.4) is 0 Å². The maximum atomic E-state index is 6.22. The Morgan fingerprint density at radius 1 is 1.38 bits per heavy atom. The van der Waals surface area contributed by atoms with Gasteiger partial charge in [-0.25, -0.2) is 0 Å². The molecule has 1 aromatic carbocycles. The second-order valence-electron chi connectivity index (χ2n) is 4.30. The van der Waals surface area contributed by atoms with Crippen LogP contribution in [0.15, 0.2) is 23.1 Å². The van der Waals surface area contributed by atoms with Gasteiger partial charge in [0.2, 0.25) is 0 Å². The van der Waals surface area contributed by atoms with Gasteiger partial charge in [0, 0.05) is 16.7 Å². The van der Waals surface area contributed by atoms with Gasteiger partial charge in [0.15, 0.2) is 0 Å². The van der Waals surface area contributed by atoms with Crippen LogP contribution in [0.5, 0.6) is 0 Å². The molecule has 0 heterocycles. The molecule has 1 aromatic rings. The number of nitrogens with two attached hydrogens (primary N) is 1.